The molecule has 7 nitrogen and oxygen atoms in total. The molecule has 2 heterocycles. The van der Waals surface area contributed by atoms with Crippen molar-refractivity contribution in [2.75, 3.05) is 20.2 Å². The van der Waals surface area contributed by atoms with Gasteiger partial charge in [0.05, 0.1) is 6.61 Å². The van der Waals surface area contributed by atoms with Gasteiger partial charge in [-0.1, -0.05) is 0 Å². The number of amides is 2. The van der Waals surface area contributed by atoms with Crippen LogP contribution in [0.5, 0.6) is 0 Å². The third-order valence-electron chi connectivity index (χ3n) is 3.59. The fourth-order valence-electron chi connectivity index (χ4n) is 2.28. The highest BCUT2D eigenvalue weighted by Crippen LogP contribution is 2.29. The first-order valence-electron chi connectivity index (χ1n) is 5.81. The molecular weight excluding hydrogens is 240 g/mol. The molecule has 7 heteroatoms. The summed E-state index contributed by atoms with van der Waals surface area (Å²) >= 11 is 0. The lowest BCUT2D eigenvalue weighted by Crippen LogP contribution is -2.46. The highest BCUT2D eigenvalue weighted by Gasteiger charge is 2.45. The third kappa shape index (κ3) is 1.99. The molecule has 0 aromatic heterocycles. The van der Waals surface area contributed by atoms with Crippen LogP contribution in [0.3, 0.4) is 0 Å². The van der Waals surface area contributed by atoms with Crippen molar-refractivity contribution in [2.24, 2.45) is 0 Å². The summed E-state index contributed by atoms with van der Waals surface area (Å²) in [5.41, 5.74) is 1.40. The lowest BCUT2D eigenvalue weighted by Gasteiger charge is -2.31. The number of aliphatic hydroxyl groups excluding tert-OH is 3. The molecule has 4 atom stereocenters. The Kier molecular flexibility index (Phi) is 3.58. The van der Waals surface area contributed by atoms with Gasteiger partial charge < -0.3 is 30.3 Å². The zero-order chi connectivity index (χ0) is 13.4. The van der Waals surface area contributed by atoms with Crippen molar-refractivity contribution >= 4 is 6.03 Å². The number of allylic oxidation sites excluding steroid dienone is 1. The number of rotatable bonds is 2. The predicted octanol–water partition coefficient (Wildman–Crippen LogP) is -1.60. The fourth-order valence-corrected chi connectivity index (χ4v) is 2.28. The number of aliphatic hydroxyl groups is 3. The highest BCUT2D eigenvalue weighted by atomic mass is 16.6. The molecule has 2 amide bonds. The molecule has 0 radical (unpaired) electrons. The Labute approximate surface area is 105 Å². The molecule has 1 fully saturated rings. The van der Waals surface area contributed by atoms with Gasteiger partial charge in [0.15, 0.2) is 0 Å². The topological polar surface area (TPSA) is 102 Å². The van der Waals surface area contributed by atoms with E-state index < -0.39 is 24.4 Å². The van der Waals surface area contributed by atoms with Crippen molar-refractivity contribution in [1.29, 1.82) is 0 Å². The standard InChI is InChI=1S/C11H18N2O5/c1-5-6(3-12-11(17)13(5)2)10-9(16)8(15)7(4-14)18-10/h7-10,14-16H,3-4H2,1-2H3,(H,12,17)/t7-,8?,9?,10+/m1/s1. The van der Waals surface area contributed by atoms with Crippen LogP contribution in [-0.2, 0) is 4.74 Å². The number of carbonyl (C=O) groups excluding carboxylic acids is 1. The maximum absolute atomic E-state index is 11.4. The second-order valence-electron chi connectivity index (χ2n) is 4.59. The lowest BCUT2D eigenvalue weighted by molar-refractivity contribution is -0.0147. The van der Waals surface area contributed by atoms with E-state index in [-0.39, 0.29) is 19.2 Å². The van der Waals surface area contributed by atoms with E-state index in [4.69, 9.17) is 9.84 Å². The molecule has 0 aromatic rings. The van der Waals surface area contributed by atoms with Crippen molar-refractivity contribution < 1.29 is 24.9 Å². The maximum atomic E-state index is 11.4. The van der Waals surface area contributed by atoms with Crippen molar-refractivity contribution in [3.05, 3.63) is 11.3 Å². The summed E-state index contributed by atoms with van der Waals surface area (Å²) in [6, 6.07) is -0.219. The van der Waals surface area contributed by atoms with Crippen molar-refractivity contribution in [3.8, 4) is 0 Å². The summed E-state index contributed by atoms with van der Waals surface area (Å²) in [7, 11) is 1.62. The Bertz CT molecular complexity index is 384. The van der Waals surface area contributed by atoms with E-state index in [2.05, 4.69) is 5.32 Å². The molecule has 0 saturated carbocycles. The van der Waals surface area contributed by atoms with Crippen LogP contribution in [0.2, 0.25) is 0 Å². The maximum Gasteiger partial charge on any atom is 0.321 e. The molecule has 0 bridgehead atoms. The summed E-state index contributed by atoms with van der Waals surface area (Å²) in [5.74, 6) is 0. The normalized spacial score (nSPS) is 37.2. The number of hydrogen-bond donors (Lipinski definition) is 4. The fraction of sp³-hybridized carbons (Fsp3) is 0.727. The molecule has 1 saturated heterocycles. The first-order chi connectivity index (χ1) is 8.47. The van der Waals surface area contributed by atoms with Crippen molar-refractivity contribution in [3.63, 3.8) is 0 Å². The monoisotopic (exact) mass is 258 g/mol. The van der Waals surface area contributed by atoms with E-state index in [0.29, 0.717) is 11.3 Å². The summed E-state index contributed by atoms with van der Waals surface area (Å²) < 4.78 is 5.44. The van der Waals surface area contributed by atoms with Gasteiger partial charge in [-0.05, 0) is 12.5 Å². The smallest absolute Gasteiger partial charge is 0.321 e. The minimum absolute atomic E-state index is 0.219. The SMILES string of the molecule is CC1=C([C@@H]2O[C@H](CO)C(O)C2O)CNC(=O)N1C. The van der Waals surface area contributed by atoms with Crippen LogP contribution in [0.1, 0.15) is 6.92 Å². The van der Waals surface area contributed by atoms with Gasteiger partial charge in [0.2, 0.25) is 0 Å². The molecule has 4 N–H and O–H groups in total. The average molecular weight is 258 g/mol. The number of carbonyl (C=O) groups is 1. The molecule has 0 aliphatic carbocycles. The van der Waals surface area contributed by atoms with Gasteiger partial charge in [-0.25, -0.2) is 4.79 Å². The van der Waals surface area contributed by atoms with Gasteiger partial charge in [-0.2, -0.15) is 0 Å². The molecule has 102 valence electrons. The van der Waals surface area contributed by atoms with Crippen LogP contribution in [-0.4, -0.2) is 70.9 Å². The Morgan fingerprint density at radius 3 is 2.67 bits per heavy atom. The summed E-state index contributed by atoms with van der Waals surface area (Å²) in [6.07, 6.45) is -3.73. The first kappa shape index (κ1) is 13.3. The predicted molar refractivity (Wildman–Crippen MR) is 61.6 cm³/mol. The Hall–Kier alpha value is -1.15. The van der Waals surface area contributed by atoms with Gasteiger partial charge in [0.1, 0.15) is 24.4 Å². The molecule has 18 heavy (non-hydrogen) atoms. The molecule has 2 aliphatic heterocycles. The number of hydrogen-bond acceptors (Lipinski definition) is 5. The Morgan fingerprint density at radius 2 is 2.11 bits per heavy atom. The van der Waals surface area contributed by atoms with Gasteiger partial charge >= 0.3 is 6.03 Å². The minimum Gasteiger partial charge on any atom is -0.394 e. The van der Waals surface area contributed by atoms with Gasteiger partial charge in [-0.3, -0.25) is 0 Å². The molecule has 2 rings (SSSR count). The average Bonchev–Trinajstić information content (AvgIpc) is 2.64. The lowest BCUT2D eigenvalue weighted by atomic mass is 9.99. The molecule has 0 spiro atoms. The van der Waals surface area contributed by atoms with Crippen LogP contribution in [0.25, 0.3) is 0 Å². The zero-order valence-corrected chi connectivity index (χ0v) is 10.3. The van der Waals surface area contributed by atoms with E-state index >= 15 is 0 Å². The second kappa shape index (κ2) is 4.85. The summed E-state index contributed by atoms with van der Waals surface area (Å²) in [5, 5.41) is 31.3. The van der Waals surface area contributed by atoms with Crippen LogP contribution in [0.15, 0.2) is 11.3 Å². The first-order valence-corrected chi connectivity index (χ1v) is 5.81. The zero-order valence-electron chi connectivity index (χ0n) is 10.3. The molecule has 2 unspecified atom stereocenters. The van der Waals surface area contributed by atoms with E-state index in [1.807, 2.05) is 0 Å². The van der Waals surface area contributed by atoms with Crippen LogP contribution >= 0.6 is 0 Å². The summed E-state index contributed by atoms with van der Waals surface area (Å²) in [4.78, 5) is 12.8. The molecule has 2 aliphatic rings. The number of nitrogens with one attached hydrogen (secondary N) is 1. The van der Waals surface area contributed by atoms with E-state index in [9.17, 15) is 15.0 Å². The number of nitrogens with zero attached hydrogens (tertiary/aromatic N) is 1. The molecular formula is C11H18N2O5. The van der Waals surface area contributed by atoms with Crippen LogP contribution < -0.4 is 5.32 Å². The quantitative estimate of drug-likeness (QED) is 0.477. The third-order valence-corrected chi connectivity index (χ3v) is 3.59. The second-order valence-corrected chi connectivity index (χ2v) is 4.59. The van der Waals surface area contributed by atoms with Gasteiger partial charge in [0.25, 0.3) is 0 Å². The van der Waals surface area contributed by atoms with Crippen LogP contribution in [0.4, 0.5) is 4.79 Å². The number of urea groups is 1. The van der Waals surface area contributed by atoms with E-state index in [1.54, 1.807) is 14.0 Å². The van der Waals surface area contributed by atoms with Crippen molar-refractivity contribution in [1.82, 2.24) is 10.2 Å². The highest BCUT2D eigenvalue weighted by molar-refractivity contribution is 5.77. The largest absolute Gasteiger partial charge is 0.394 e. The minimum atomic E-state index is -1.12. The van der Waals surface area contributed by atoms with Crippen LogP contribution in [0, 0.1) is 0 Å². The molecule has 0 aromatic carbocycles. The van der Waals surface area contributed by atoms with Crippen molar-refractivity contribution in [2.45, 2.75) is 31.3 Å². The van der Waals surface area contributed by atoms with Gasteiger partial charge in [-0.15, -0.1) is 0 Å². The van der Waals surface area contributed by atoms with Gasteiger partial charge in [0, 0.05) is 19.3 Å². The summed E-state index contributed by atoms with van der Waals surface area (Å²) in [6.45, 7) is 1.66. The Morgan fingerprint density at radius 1 is 1.44 bits per heavy atom. The van der Waals surface area contributed by atoms with E-state index in [0.717, 1.165) is 0 Å². The van der Waals surface area contributed by atoms with E-state index in [1.165, 1.54) is 4.90 Å². The number of ether oxygens (including phenoxy) is 1. The Balaban J connectivity index is 2.24.